The van der Waals surface area contributed by atoms with Crippen molar-refractivity contribution in [3.63, 3.8) is 0 Å². The molecule has 2 rings (SSSR count). The smallest absolute Gasteiger partial charge is 0.250 e. The number of nitrogens with one attached hydrogen (secondary N) is 1. The Kier molecular flexibility index (Phi) is 7.02. The van der Waals surface area contributed by atoms with Crippen molar-refractivity contribution in [2.45, 2.75) is 38.1 Å². The molecule has 0 radical (unpaired) electrons. The molecule has 0 bridgehead atoms. The first-order chi connectivity index (χ1) is 12.2. The first-order valence-corrected chi connectivity index (χ1v) is 10.5. The van der Waals surface area contributed by atoms with Crippen LogP contribution in [0.4, 0.5) is 0 Å². The highest BCUT2D eigenvalue weighted by molar-refractivity contribution is 9.10. The molecule has 1 heterocycles. The average molecular weight is 443 g/mol. The fourth-order valence-electron chi connectivity index (χ4n) is 2.50. The van der Waals surface area contributed by atoms with Gasteiger partial charge in [-0.3, -0.25) is 4.79 Å². The van der Waals surface area contributed by atoms with Crippen LogP contribution in [0.2, 0.25) is 0 Å². The van der Waals surface area contributed by atoms with E-state index in [0.717, 1.165) is 15.6 Å². The molecule has 1 aromatic carbocycles. The number of halogens is 1. The average Bonchev–Trinajstić information content (AvgIpc) is 2.59. The van der Waals surface area contributed by atoms with Crippen molar-refractivity contribution in [1.29, 1.82) is 0 Å². The number of sulfonamides is 1. The van der Waals surface area contributed by atoms with Gasteiger partial charge in [0.25, 0.3) is 5.56 Å². The predicted molar refractivity (Wildman–Crippen MR) is 105 cm³/mol. The second kappa shape index (κ2) is 8.83. The molecule has 2 aromatic rings. The number of pyridine rings is 1. The highest BCUT2D eigenvalue weighted by atomic mass is 79.9. The van der Waals surface area contributed by atoms with Crippen LogP contribution in [-0.4, -0.2) is 26.6 Å². The maximum Gasteiger partial charge on any atom is 0.250 e. The van der Waals surface area contributed by atoms with Crippen LogP contribution in [0, 0.1) is 13.8 Å². The number of ether oxygens (including phenoxy) is 1. The van der Waals surface area contributed by atoms with Crippen LogP contribution < -0.4 is 15.0 Å². The van der Waals surface area contributed by atoms with Crippen LogP contribution in [0.3, 0.4) is 0 Å². The minimum atomic E-state index is -3.65. The first-order valence-electron chi connectivity index (χ1n) is 8.25. The molecule has 0 saturated heterocycles. The van der Waals surface area contributed by atoms with E-state index >= 15 is 0 Å². The number of hydrogen-bond donors (Lipinski definition) is 1. The standard InChI is InChI=1S/C18H23BrN2O4S/c1-13-10-16(25-3)17(11-14(13)2)26(23,24)20-8-4-5-9-21-12-15(19)6-7-18(21)22/h6-7,10-12,20H,4-5,8-9H2,1-3H3. The number of benzene rings is 1. The van der Waals surface area contributed by atoms with E-state index in [1.807, 2.05) is 13.8 Å². The predicted octanol–water partition coefficient (Wildman–Crippen LogP) is 2.99. The summed E-state index contributed by atoms with van der Waals surface area (Å²) < 4.78 is 35.4. The van der Waals surface area contributed by atoms with Gasteiger partial charge in [0.05, 0.1) is 7.11 Å². The molecule has 0 saturated carbocycles. The van der Waals surface area contributed by atoms with Gasteiger partial charge in [0.2, 0.25) is 10.0 Å². The van der Waals surface area contributed by atoms with E-state index in [1.165, 1.54) is 13.2 Å². The third kappa shape index (κ3) is 5.18. The molecule has 8 heteroatoms. The molecule has 26 heavy (non-hydrogen) atoms. The van der Waals surface area contributed by atoms with Crippen LogP contribution >= 0.6 is 15.9 Å². The van der Waals surface area contributed by atoms with Crippen LogP contribution in [0.15, 0.2) is 44.6 Å². The van der Waals surface area contributed by atoms with Crippen molar-refractivity contribution < 1.29 is 13.2 Å². The molecule has 1 aromatic heterocycles. The molecule has 142 valence electrons. The highest BCUT2D eigenvalue weighted by Crippen LogP contribution is 2.27. The zero-order valence-electron chi connectivity index (χ0n) is 15.1. The van der Waals surface area contributed by atoms with Gasteiger partial charge in [0.15, 0.2) is 0 Å². The second-order valence-corrected chi connectivity index (χ2v) is 8.72. The summed E-state index contributed by atoms with van der Waals surface area (Å²) in [5.74, 6) is 0.335. The summed E-state index contributed by atoms with van der Waals surface area (Å²) in [6.07, 6.45) is 3.03. The minimum absolute atomic E-state index is 0.0753. The number of hydrogen-bond acceptors (Lipinski definition) is 4. The van der Waals surface area contributed by atoms with Gasteiger partial charge in [-0.2, -0.15) is 0 Å². The fraction of sp³-hybridized carbons (Fsp3) is 0.389. The SMILES string of the molecule is COc1cc(C)c(C)cc1S(=O)(=O)NCCCCn1cc(Br)ccc1=O. The molecule has 0 fully saturated rings. The Hall–Kier alpha value is -1.64. The van der Waals surface area contributed by atoms with Crippen molar-refractivity contribution in [3.05, 3.63) is 56.4 Å². The van der Waals surface area contributed by atoms with Crippen molar-refractivity contribution >= 4 is 26.0 Å². The maximum atomic E-state index is 12.6. The van der Waals surface area contributed by atoms with Gasteiger partial charge in [0.1, 0.15) is 10.6 Å². The van der Waals surface area contributed by atoms with E-state index in [0.29, 0.717) is 31.7 Å². The summed E-state index contributed by atoms with van der Waals surface area (Å²) in [5, 5.41) is 0. The Balaban J connectivity index is 1.96. The summed E-state index contributed by atoms with van der Waals surface area (Å²) in [6, 6.07) is 6.55. The maximum absolute atomic E-state index is 12.6. The lowest BCUT2D eigenvalue weighted by atomic mass is 10.1. The molecule has 0 aliphatic heterocycles. The van der Waals surface area contributed by atoms with Crippen molar-refractivity contribution in [1.82, 2.24) is 9.29 Å². The molecule has 0 aliphatic rings. The largest absolute Gasteiger partial charge is 0.495 e. The Morgan fingerprint density at radius 1 is 1.15 bits per heavy atom. The van der Waals surface area contributed by atoms with Crippen LogP contribution in [0.1, 0.15) is 24.0 Å². The number of methoxy groups -OCH3 is 1. The molecular weight excluding hydrogens is 420 g/mol. The fourth-order valence-corrected chi connectivity index (χ4v) is 4.19. The van der Waals surface area contributed by atoms with Gasteiger partial charge in [-0.05, 0) is 71.9 Å². The monoisotopic (exact) mass is 442 g/mol. The molecular formula is C18H23BrN2O4S. The number of aryl methyl sites for hydroxylation is 3. The first kappa shape index (κ1) is 20.7. The van der Waals surface area contributed by atoms with Crippen LogP contribution in [0.25, 0.3) is 0 Å². The molecule has 1 N–H and O–H groups in total. The normalized spacial score (nSPS) is 11.5. The molecule has 0 unspecified atom stereocenters. The van der Waals surface area contributed by atoms with E-state index in [-0.39, 0.29) is 10.5 Å². The summed E-state index contributed by atoms with van der Waals surface area (Å²) >= 11 is 3.33. The summed E-state index contributed by atoms with van der Waals surface area (Å²) in [6.45, 7) is 4.60. The highest BCUT2D eigenvalue weighted by Gasteiger charge is 2.20. The van der Waals surface area contributed by atoms with E-state index in [9.17, 15) is 13.2 Å². The van der Waals surface area contributed by atoms with Crippen LogP contribution in [0.5, 0.6) is 5.75 Å². The van der Waals surface area contributed by atoms with Crippen molar-refractivity contribution in [2.75, 3.05) is 13.7 Å². The Labute approximate surface area is 162 Å². The van der Waals surface area contributed by atoms with E-state index in [1.54, 1.807) is 29.0 Å². The van der Waals surface area contributed by atoms with E-state index in [2.05, 4.69) is 20.7 Å². The number of rotatable bonds is 8. The van der Waals surface area contributed by atoms with Crippen LogP contribution in [-0.2, 0) is 16.6 Å². The second-order valence-electron chi connectivity index (χ2n) is 6.07. The van der Waals surface area contributed by atoms with Gasteiger partial charge in [-0.25, -0.2) is 13.1 Å². The molecule has 0 aliphatic carbocycles. The summed E-state index contributed by atoms with van der Waals surface area (Å²) in [7, 11) is -2.20. The van der Waals surface area contributed by atoms with Gasteiger partial charge >= 0.3 is 0 Å². The molecule has 0 spiro atoms. The van der Waals surface area contributed by atoms with Crippen molar-refractivity contribution in [3.8, 4) is 5.75 Å². The van der Waals surface area contributed by atoms with E-state index in [4.69, 9.17) is 4.74 Å². The third-order valence-electron chi connectivity index (χ3n) is 4.13. The topological polar surface area (TPSA) is 77.4 Å². The lowest BCUT2D eigenvalue weighted by molar-refractivity contribution is 0.401. The van der Waals surface area contributed by atoms with E-state index < -0.39 is 10.0 Å². The zero-order valence-corrected chi connectivity index (χ0v) is 17.5. The Bertz CT molecular complexity index is 939. The lowest BCUT2D eigenvalue weighted by Crippen LogP contribution is -2.26. The number of aromatic nitrogens is 1. The quantitative estimate of drug-likeness (QED) is 0.637. The summed E-state index contributed by atoms with van der Waals surface area (Å²) in [5.41, 5.74) is 1.79. The molecule has 0 atom stereocenters. The Morgan fingerprint density at radius 2 is 1.85 bits per heavy atom. The molecule has 6 nitrogen and oxygen atoms in total. The zero-order chi connectivity index (χ0) is 19.3. The van der Waals surface area contributed by atoms with Gasteiger partial charge in [0, 0.05) is 29.8 Å². The lowest BCUT2D eigenvalue weighted by Gasteiger charge is -2.13. The van der Waals surface area contributed by atoms with Gasteiger partial charge in [-0.1, -0.05) is 0 Å². The van der Waals surface area contributed by atoms with Crippen molar-refractivity contribution in [2.24, 2.45) is 0 Å². The summed E-state index contributed by atoms with van der Waals surface area (Å²) in [4.78, 5) is 11.9. The number of unbranched alkanes of at least 4 members (excludes halogenated alkanes) is 1. The van der Waals surface area contributed by atoms with Gasteiger partial charge < -0.3 is 9.30 Å². The minimum Gasteiger partial charge on any atom is -0.495 e. The van der Waals surface area contributed by atoms with Gasteiger partial charge in [-0.15, -0.1) is 0 Å². The molecule has 0 amide bonds. The Morgan fingerprint density at radius 3 is 2.54 bits per heavy atom. The number of nitrogens with zero attached hydrogens (tertiary/aromatic N) is 1. The third-order valence-corrected chi connectivity index (χ3v) is 6.09.